The molecule has 0 aromatic heterocycles. The molecule has 0 spiro atoms. The fraction of sp³-hybridized carbons (Fsp3) is 0.294. The number of hydrogen-bond acceptors (Lipinski definition) is 1. The zero-order chi connectivity index (χ0) is 15.0. The van der Waals surface area contributed by atoms with Crippen LogP contribution in [0.5, 0.6) is 5.75 Å². The van der Waals surface area contributed by atoms with E-state index in [1.165, 1.54) is 6.07 Å². The number of hydrogen-bond donors (Lipinski definition) is 0. The fourth-order valence-electron chi connectivity index (χ4n) is 2.81. The molecule has 2 aromatic rings. The number of halogens is 3. The molecule has 110 valence electrons. The van der Waals surface area contributed by atoms with Crippen LogP contribution in [0, 0.1) is 0 Å². The van der Waals surface area contributed by atoms with Gasteiger partial charge in [0.15, 0.2) is 0 Å². The second kappa shape index (κ2) is 5.10. The smallest absolute Gasteiger partial charge is 0.416 e. The van der Waals surface area contributed by atoms with Gasteiger partial charge in [-0.15, -0.1) is 0 Å². The summed E-state index contributed by atoms with van der Waals surface area (Å²) in [5, 5.41) is 0. The number of ether oxygens (including phenoxy) is 1. The first-order valence-corrected chi connectivity index (χ1v) is 6.95. The first kappa shape index (κ1) is 14.0. The average molecular weight is 292 g/mol. The van der Waals surface area contributed by atoms with Crippen LogP contribution in [0.4, 0.5) is 13.2 Å². The highest BCUT2D eigenvalue weighted by atomic mass is 19.4. The Labute approximate surface area is 121 Å². The molecule has 0 atom stereocenters. The van der Waals surface area contributed by atoms with Gasteiger partial charge in [0, 0.05) is 0 Å². The summed E-state index contributed by atoms with van der Waals surface area (Å²) in [5.74, 6) is 0.812. The Morgan fingerprint density at radius 1 is 0.952 bits per heavy atom. The highest BCUT2D eigenvalue weighted by molar-refractivity contribution is 5.74. The summed E-state index contributed by atoms with van der Waals surface area (Å²) in [4.78, 5) is 0. The lowest BCUT2D eigenvalue weighted by Crippen LogP contribution is -2.09. The maximum absolute atomic E-state index is 12.8. The third-order valence-corrected chi connectivity index (χ3v) is 3.77. The Morgan fingerprint density at radius 3 is 2.19 bits per heavy atom. The van der Waals surface area contributed by atoms with Crippen molar-refractivity contribution in [1.82, 2.24) is 0 Å². The lowest BCUT2D eigenvalue weighted by Gasteiger charge is -2.22. The predicted octanol–water partition coefficient (Wildman–Crippen LogP) is 4.87. The molecule has 2 aromatic carbocycles. The molecule has 0 amide bonds. The quantitative estimate of drug-likeness (QED) is 0.767. The van der Waals surface area contributed by atoms with Crippen LogP contribution in [-0.2, 0) is 19.0 Å². The highest BCUT2D eigenvalue weighted by Crippen LogP contribution is 2.38. The molecule has 4 heteroatoms. The van der Waals surface area contributed by atoms with Gasteiger partial charge < -0.3 is 4.74 Å². The van der Waals surface area contributed by atoms with Crippen molar-refractivity contribution < 1.29 is 17.9 Å². The molecular formula is C17H15F3O. The number of alkyl halides is 3. The van der Waals surface area contributed by atoms with Crippen LogP contribution < -0.4 is 4.74 Å². The molecule has 0 saturated heterocycles. The van der Waals surface area contributed by atoms with Gasteiger partial charge in [-0.05, 0) is 66.3 Å². The van der Waals surface area contributed by atoms with Crippen molar-refractivity contribution >= 4 is 0 Å². The highest BCUT2D eigenvalue weighted by Gasteiger charge is 2.31. The summed E-state index contributed by atoms with van der Waals surface area (Å²) in [6.07, 6.45) is -2.92. The van der Waals surface area contributed by atoms with E-state index in [4.69, 9.17) is 4.74 Å². The summed E-state index contributed by atoms with van der Waals surface area (Å²) >= 11 is 0. The molecule has 0 radical (unpaired) electrons. The third-order valence-electron chi connectivity index (χ3n) is 3.77. The van der Waals surface area contributed by atoms with Crippen molar-refractivity contribution in [2.45, 2.75) is 25.9 Å². The van der Waals surface area contributed by atoms with Crippen LogP contribution in [0.15, 0.2) is 36.4 Å². The van der Waals surface area contributed by atoms with E-state index in [-0.39, 0.29) is 0 Å². The van der Waals surface area contributed by atoms with Crippen molar-refractivity contribution in [3.63, 3.8) is 0 Å². The summed E-state index contributed by atoms with van der Waals surface area (Å²) in [6, 6.07) is 9.80. The Morgan fingerprint density at radius 2 is 1.57 bits per heavy atom. The lowest BCUT2D eigenvalue weighted by atomic mass is 9.84. The Balaban J connectivity index is 2.03. The van der Waals surface area contributed by atoms with Crippen LogP contribution in [0.1, 0.15) is 23.6 Å². The van der Waals surface area contributed by atoms with Crippen LogP contribution in [0.2, 0.25) is 0 Å². The van der Waals surface area contributed by atoms with Crippen molar-refractivity contribution in [2.75, 3.05) is 6.61 Å². The van der Waals surface area contributed by atoms with Crippen LogP contribution in [0.3, 0.4) is 0 Å². The predicted molar refractivity (Wildman–Crippen MR) is 75.5 cm³/mol. The van der Waals surface area contributed by atoms with Gasteiger partial charge in [-0.2, -0.15) is 13.2 Å². The van der Waals surface area contributed by atoms with Gasteiger partial charge in [-0.3, -0.25) is 0 Å². The van der Waals surface area contributed by atoms with Crippen LogP contribution in [0.25, 0.3) is 11.1 Å². The number of aryl methyl sites for hydroxylation is 2. The molecule has 0 fully saturated rings. The van der Waals surface area contributed by atoms with E-state index >= 15 is 0 Å². The number of rotatable bonds is 2. The Hall–Kier alpha value is -1.97. The second-order valence-corrected chi connectivity index (χ2v) is 5.12. The monoisotopic (exact) mass is 292 g/mol. The summed E-state index contributed by atoms with van der Waals surface area (Å²) in [6.45, 7) is 2.53. The summed E-state index contributed by atoms with van der Waals surface area (Å²) < 4.78 is 43.8. The fourth-order valence-corrected chi connectivity index (χ4v) is 2.81. The van der Waals surface area contributed by atoms with Crippen molar-refractivity contribution in [3.8, 4) is 16.9 Å². The van der Waals surface area contributed by atoms with Crippen molar-refractivity contribution in [1.29, 1.82) is 0 Å². The van der Waals surface area contributed by atoms with Gasteiger partial charge in [0.1, 0.15) is 5.75 Å². The average Bonchev–Trinajstić information content (AvgIpc) is 2.45. The topological polar surface area (TPSA) is 9.23 Å². The second-order valence-electron chi connectivity index (χ2n) is 5.12. The van der Waals surface area contributed by atoms with Crippen LogP contribution >= 0.6 is 0 Å². The van der Waals surface area contributed by atoms with Gasteiger partial charge in [0.2, 0.25) is 0 Å². The zero-order valence-corrected chi connectivity index (χ0v) is 11.6. The Kier molecular flexibility index (Phi) is 3.40. The molecule has 1 aliphatic carbocycles. The van der Waals surface area contributed by atoms with Crippen molar-refractivity contribution in [3.05, 3.63) is 53.1 Å². The molecule has 0 unspecified atom stereocenters. The minimum atomic E-state index is -4.28. The van der Waals surface area contributed by atoms with Gasteiger partial charge in [-0.25, -0.2) is 0 Å². The van der Waals surface area contributed by atoms with Gasteiger partial charge in [0.05, 0.1) is 12.2 Å². The molecule has 0 bridgehead atoms. The van der Waals surface area contributed by atoms with Crippen LogP contribution in [-0.4, -0.2) is 6.61 Å². The molecule has 3 rings (SSSR count). The van der Waals surface area contributed by atoms with Gasteiger partial charge in [0.25, 0.3) is 0 Å². The zero-order valence-electron chi connectivity index (χ0n) is 11.6. The van der Waals surface area contributed by atoms with E-state index in [0.717, 1.165) is 40.5 Å². The summed E-state index contributed by atoms with van der Waals surface area (Å²) in [7, 11) is 0. The number of fused-ring (bicyclic) bond motifs is 3. The molecule has 21 heavy (non-hydrogen) atoms. The van der Waals surface area contributed by atoms with E-state index in [1.807, 2.05) is 25.1 Å². The van der Waals surface area contributed by atoms with E-state index in [0.29, 0.717) is 13.0 Å². The Bertz CT molecular complexity index is 674. The molecule has 0 saturated carbocycles. The molecule has 1 aliphatic rings. The minimum Gasteiger partial charge on any atom is -0.494 e. The van der Waals surface area contributed by atoms with Gasteiger partial charge in [-0.1, -0.05) is 12.1 Å². The first-order chi connectivity index (χ1) is 9.99. The third kappa shape index (κ3) is 2.62. The van der Waals surface area contributed by atoms with Gasteiger partial charge >= 0.3 is 6.18 Å². The molecule has 0 aliphatic heterocycles. The lowest BCUT2D eigenvalue weighted by molar-refractivity contribution is -0.137. The first-order valence-electron chi connectivity index (χ1n) is 6.95. The normalized spacial score (nSPS) is 13.5. The standard InChI is InChI=1S/C17H15F3O/c1-2-21-14-6-8-16-12(10-14)4-3-11-9-13(17(18,19)20)5-7-15(11)16/h5-10H,2-4H2,1H3. The molecule has 0 N–H and O–H groups in total. The largest absolute Gasteiger partial charge is 0.494 e. The maximum Gasteiger partial charge on any atom is 0.416 e. The van der Waals surface area contributed by atoms with E-state index in [1.54, 1.807) is 6.07 Å². The number of benzene rings is 2. The summed E-state index contributed by atoms with van der Waals surface area (Å²) in [5.41, 5.74) is 3.23. The van der Waals surface area contributed by atoms with Crippen molar-refractivity contribution in [2.24, 2.45) is 0 Å². The van der Waals surface area contributed by atoms with E-state index in [9.17, 15) is 13.2 Å². The SMILES string of the molecule is CCOc1ccc2c(c1)CCc1cc(C(F)(F)F)ccc1-2. The van der Waals surface area contributed by atoms with E-state index < -0.39 is 11.7 Å². The minimum absolute atomic E-state index is 0.573. The molecule has 0 heterocycles. The molecular weight excluding hydrogens is 277 g/mol. The molecule has 1 nitrogen and oxygen atoms in total. The van der Waals surface area contributed by atoms with E-state index in [2.05, 4.69) is 0 Å². The maximum atomic E-state index is 12.8.